The molecular formula is C26H22F2N8O2S2. The van der Waals surface area contributed by atoms with Crippen LogP contribution in [0.4, 0.5) is 20.3 Å². The van der Waals surface area contributed by atoms with Crippen LogP contribution < -0.4 is 21.9 Å². The molecule has 4 N–H and O–H groups in total. The van der Waals surface area contributed by atoms with Crippen molar-refractivity contribution in [3.63, 3.8) is 0 Å². The molecule has 5 heterocycles. The number of benzene rings is 1. The molecule has 14 heteroatoms. The van der Waals surface area contributed by atoms with E-state index in [1.54, 1.807) is 37.4 Å². The SMILES string of the molecule is C[C@@H](Nc1cnc2n(c1=O)[C@H](C(=O)NCc1cc3cnc(N)cc3s1)C[C@H]2F)c1nnc(-c2ccccc2F)s1. The molecule has 0 radical (unpaired) electrons. The number of halogens is 2. The number of nitrogens with one attached hydrogen (secondary N) is 2. The van der Waals surface area contributed by atoms with Crippen molar-refractivity contribution in [3.8, 4) is 10.6 Å². The molecular weight excluding hydrogens is 558 g/mol. The second-order valence-corrected chi connectivity index (χ2v) is 11.5. The van der Waals surface area contributed by atoms with Gasteiger partial charge in [-0.3, -0.25) is 14.2 Å². The second-order valence-electron chi connectivity index (χ2n) is 9.29. The highest BCUT2D eigenvalue weighted by Crippen LogP contribution is 2.36. The van der Waals surface area contributed by atoms with Crippen molar-refractivity contribution in [2.24, 2.45) is 0 Å². The van der Waals surface area contributed by atoms with Crippen molar-refractivity contribution in [3.05, 3.63) is 80.7 Å². The largest absolute Gasteiger partial charge is 0.384 e. The summed E-state index contributed by atoms with van der Waals surface area (Å²) in [6.07, 6.45) is 1.17. The van der Waals surface area contributed by atoms with Crippen molar-refractivity contribution in [1.29, 1.82) is 0 Å². The highest BCUT2D eigenvalue weighted by atomic mass is 32.1. The zero-order chi connectivity index (χ0) is 28.0. The molecule has 1 aliphatic rings. The van der Waals surface area contributed by atoms with Crippen LogP contribution in [0.1, 0.15) is 47.3 Å². The smallest absolute Gasteiger partial charge is 0.277 e. The minimum absolute atomic E-state index is 0.0837. The first-order chi connectivity index (χ1) is 19.3. The maximum atomic E-state index is 14.8. The number of hydrogen-bond acceptors (Lipinski definition) is 10. The summed E-state index contributed by atoms with van der Waals surface area (Å²) < 4.78 is 31.0. The maximum absolute atomic E-state index is 14.8. The summed E-state index contributed by atoms with van der Waals surface area (Å²) in [6, 6.07) is 8.37. The van der Waals surface area contributed by atoms with Crippen molar-refractivity contribution >= 4 is 50.2 Å². The minimum Gasteiger partial charge on any atom is -0.384 e. The van der Waals surface area contributed by atoms with E-state index in [-0.39, 0.29) is 24.5 Å². The fourth-order valence-electron chi connectivity index (χ4n) is 4.58. The monoisotopic (exact) mass is 580 g/mol. The van der Waals surface area contributed by atoms with Crippen LogP contribution in [0.3, 0.4) is 0 Å². The Bertz CT molecular complexity index is 1800. The Morgan fingerprint density at radius 3 is 2.85 bits per heavy atom. The van der Waals surface area contributed by atoms with Crippen LogP contribution in [0.5, 0.6) is 0 Å². The standard InChI is InChI=1S/C26H22F2N8O2S2/c1-12(24-34-35-25(40-24)15-4-2-3-5-16(15)27)33-18-11-31-22-17(28)7-19(36(22)26(18)38)23(37)32-10-14-6-13-9-30-21(29)8-20(13)39-14/h2-6,8-9,11-12,17,19,33H,7,10H2,1H3,(H2,29,30)(H,32,37)/t12-,17-,19+/m1/s1. The second kappa shape index (κ2) is 10.4. The van der Waals surface area contributed by atoms with Gasteiger partial charge in [0.2, 0.25) is 5.91 Å². The lowest BCUT2D eigenvalue weighted by Gasteiger charge is -2.16. The van der Waals surface area contributed by atoms with Crippen molar-refractivity contribution < 1.29 is 13.6 Å². The Balaban J connectivity index is 1.19. The maximum Gasteiger partial charge on any atom is 0.277 e. The molecule has 0 fully saturated rings. The summed E-state index contributed by atoms with van der Waals surface area (Å²) in [5.74, 6) is -0.580. The van der Waals surface area contributed by atoms with E-state index in [4.69, 9.17) is 5.73 Å². The van der Waals surface area contributed by atoms with Gasteiger partial charge in [-0.25, -0.2) is 18.7 Å². The summed E-state index contributed by atoms with van der Waals surface area (Å²) >= 11 is 2.65. The number of hydrogen-bond donors (Lipinski definition) is 3. The van der Waals surface area contributed by atoms with Crippen molar-refractivity contribution in [2.75, 3.05) is 11.1 Å². The van der Waals surface area contributed by atoms with Crippen LogP contribution in [0.2, 0.25) is 0 Å². The number of thiophene rings is 1. The quantitative estimate of drug-likeness (QED) is 0.255. The first-order valence-corrected chi connectivity index (χ1v) is 13.9. The molecule has 1 aliphatic heterocycles. The van der Waals surface area contributed by atoms with Crippen LogP contribution in [0.15, 0.2) is 53.6 Å². The number of alkyl halides is 1. The third-order valence-corrected chi connectivity index (χ3v) is 8.78. The summed E-state index contributed by atoms with van der Waals surface area (Å²) in [6.45, 7) is 1.97. The lowest BCUT2D eigenvalue weighted by molar-refractivity contribution is -0.124. The first kappa shape index (κ1) is 26.0. The highest BCUT2D eigenvalue weighted by molar-refractivity contribution is 7.19. The Morgan fingerprint density at radius 2 is 2.02 bits per heavy atom. The zero-order valence-electron chi connectivity index (χ0n) is 21.0. The summed E-state index contributed by atoms with van der Waals surface area (Å²) in [5.41, 5.74) is 5.59. The predicted octanol–water partition coefficient (Wildman–Crippen LogP) is 4.54. The van der Waals surface area contributed by atoms with Gasteiger partial charge in [0, 0.05) is 33.1 Å². The molecule has 6 rings (SSSR count). The number of amides is 1. The van der Waals surface area contributed by atoms with E-state index < -0.39 is 35.5 Å². The Hall–Kier alpha value is -4.30. The number of aromatic nitrogens is 5. The van der Waals surface area contributed by atoms with E-state index in [1.165, 1.54) is 34.9 Å². The van der Waals surface area contributed by atoms with Gasteiger partial charge in [-0.1, -0.05) is 23.5 Å². The average molecular weight is 581 g/mol. The van der Waals surface area contributed by atoms with E-state index in [9.17, 15) is 18.4 Å². The van der Waals surface area contributed by atoms with E-state index in [0.717, 1.165) is 19.5 Å². The van der Waals surface area contributed by atoms with Gasteiger partial charge in [0.25, 0.3) is 5.56 Å². The topological polar surface area (TPSA) is 141 Å². The normalized spacial score (nSPS) is 17.1. The van der Waals surface area contributed by atoms with Crippen molar-refractivity contribution in [2.45, 2.75) is 38.1 Å². The average Bonchev–Trinajstić information content (AvgIpc) is 3.66. The summed E-state index contributed by atoms with van der Waals surface area (Å²) in [5, 5.41) is 15.9. The van der Waals surface area contributed by atoms with Gasteiger partial charge in [0.05, 0.1) is 18.8 Å². The minimum atomic E-state index is -1.56. The van der Waals surface area contributed by atoms with Gasteiger partial charge in [-0.05, 0) is 31.2 Å². The molecule has 0 saturated carbocycles. The fraction of sp³-hybridized carbons (Fsp3) is 0.231. The predicted molar refractivity (Wildman–Crippen MR) is 149 cm³/mol. The molecule has 5 aromatic rings. The lowest BCUT2D eigenvalue weighted by atomic mass is 10.2. The Labute approximate surface area is 233 Å². The van der Waals surface area contributed by atoms with Gasteiger partial charge >= 0.3 is 0 Å². The number of pyridine rings is 1. The Morgan fingerprint density at radius 1 is 1.20 bits per heavy atom. The van der Waals surface area contributed by atoms with Crippen LogP contribution in [-0.2, 0) is 11.3 Å². The molecule has 3 atom stereocenters. The van der Waals surface area contributed by atoms with Crippen LogP contribution in [0, 0.1) is 5.82 Å². The molecule has 204 valence electrons. The lowest BCUT2D eigenvalue weighted by Crippen LogP contribution is -2.36. The third kappa shape index (κ3) is 4.79. The van der Waals surface area contributed by atoms with E-state index in [2.05, 4.69) is 30.8 Å². The highest BCUT2D eigenvalue weighted by Gasteiger charge is 2.38. The number of carbonyl (C=O) groups is 1. The number of rotatable bonds is 7. The fourth-order valence-corrected chi connectivity index (χ4v) is 6.47. The molecule has 1 aromatic carbocycles. The summed E-state index contributed by atoms with van der Waals surface area (Å²) in [7, 11) is 0. The van der Waals surface area contributed by atoms with E-state index >= 15 is 0 Å². The molecule has 4 aromatic heterocycles. The number of anilines is 2. The number of fused-ring (bicyclic) bond motifs is 2. The number of carbonyl (C=O) groups excluding carboxylic acids is 1. The molecule has 0 aliphatic carbocycles. The number of nitrogens with two attached hydrogens (primary N) is 1. The molecule has 0 spiro atoms. The van der Waals surface area contributed by atoms with Crippen LogP contribution in [-0.4, -0.2) is 30.6 Å². The van der Waals surface area contributed by atoms with Gasteiger partial charge in [0.15, 0.2) is 11.2 Å². The Kier molecular flexibility index (Phi) is 6.72. The number of nitrogens with zero attached hydrogens (tertiary/aromatic N) is 5. The van der Waals surface area contributed by atoms with Gasteiger partial charge in [-0.15, -0.1) is 21.5 Å². The third-order valence-electron chi connectivity index (χ3n) is 6.54. The van der Waals surface area contributed by atoms with Crippen LogP contribution >= 0.6 is 22.7 Å². The summed E-state index contributed by atoms with van der Waals surface area (Å²) in [4.78, 5) is 35.6. The molecule has 1 amide bonds. The zero-order valence-corrected chi connectivity index (χ0v) is 22.6. The van der Waals surface area contributed by atoms with Gasteiger partial charge in [0.1, 0.15) is 34.2 Å². The van der Waals surface area contributed by atoms with E-state index in [1.807, 2.05) is 6.07 Å². The number of nitrogen functional groups attached to an aromatic ring is 1. The molecule has 10 nitrogen and oxygen atoms in total. The first-order valence-electron chi connectivity index (χ1n) is 12.3. The van der Waals surface area contributed by atoms with Crippen LogP contribution in [0.25, 0.3) is 20.7 Å². The molecule has 0 unspecified atom stereocenters. The van der Waals surface area contributed by atoms with Gasteiger partial charge in [-0.2, -0.15) is 0 Å². The molecule has 40 heavy (non-hydrogen) atoms. The molecule has 0 saturated heterocycles. The van der Waals surface area contributed by atoms with E-state index in [0.29, 0.717) is 21.4 Å². The van der Waals surface area contributed by atoms with Gasteiger partial charge < -0.3 is 16.4 Å². The molecule has 0 bridgehead atoms. The van der Waals surface area contributed by atoms with Crippen molar-refractivity contribution in [1.82, 2.24) is 30.0 Å².